The molecule has 0 fully saturated rings. The van der Waals surface area contributed by atoms with Crippen LogP contribution in [0, 0.1) is 0 Å². The molecule has 0 amide bonds. The fraction of sp³-hybridized carbons (Fsp3) is 0.227. The average Bonchev–Trinajstić information content (AvgIpc) is 2.75. The monoisotopic (exact) mass is 464 g/mol. The largest absolute Gasteiger partial charge is 0.508 e. The maximum absolute atomic E-state index is 12.4. The highest BCUT2D eigenvalue weighted by Crippen LogP contribution is 2.35. The Kier molecular flexibility index (Phi) is 8.14. The number of phenols is 2. The number of allylic oxidation sites excluding steroid dienone is 1. The van der Waals surface area contributed by atoms with Gasteiger partial charge in [0.2, 0.25) is 0 Å². The first-order valence-corrected chi connectivity index (χ1v) is 10.9. The summed E-state index contributed by atoms with van der Waals surface area (Å²) in [5.41, 5.74) is 0.658. The van der Waals surface area contributed by atoms with Crippen LogP contribution in [0.4, 0.5) is 0 Å². The Hall–Kier alpha value is -3.66. The number of carbonyl (C=O) groups is 1. The van der Waals surface area contributed by atoms with Gasteiger partial charge in [-0.05, 0) is 18.2 Å². The molecule has 0 aliphatic rings. The quantitative estimate of drug-likeness (QED) is 0.510. The van der Waals surface area contributed by atoms with Crippen LogP contribution in [0.2, 0.25) is 0 Å². The number of aromatic hydroxyl groups is 2. The third-order valence-electron chi connectivity index (χ3n) is 4.28. The molecule has 0 aliphatic heterocycles. The second-order valence-electron chi connectivity index (χ2n) is 6.44. The molecule has 9 nitrogen and oxygen atoms in total. The summed E-state index contributed by atoms with van der Waals surface area (Å²) in [6.07, 6.45) is 3.67. The van der Waals surface area contributed by atoms with Gasteiger partial charge in [0.15, 0.2) is 15.6 Å². The number of ether oxygens (including phenoxy) is 4. The summed E-state index contributed by atoms with van der Waals surface area (Å²) in [5.74, 6) is -0.770. The molecule has 0 atom stereocenters. The minimum atomic E-state index is -3.94. The van der Waals surface area contributed by atoms with Crippen molar-refractivity contribution in [2.24, 2.45) is 0 Å². The lowest BCUT2D eigenvalue weighted by Crippen LogP contribution is -2.11. The van der Waals surface area contributed by atoms with Crippen LogP contribution in [0.1, 0.15) is 11.1 Å². The summed E-state index contributed by atoms with van der Waals surface area (Å²) >= 11 is 0. The van der Waals surface area contributed by atoms with Gasteiger partial charge in [-0.1, -0.05) is 0 Å². The number of methoxy groups -OCH3 is 4. The van der Waals surface area contributed by atoms with Crippen LogP contribution in [-0.4, -0.2) is 58.6 Å². The molecule has 172 valence electrons. The van der Waals surface area contributed by atoms with Crippen LogP contribution in [0.5, 0.6) is 34.5 Å². The zero-order chi connectivity index (χ0) is 23.9. The third kappa shape index (κ3) is 6.17. The van der Waals surface area contributed by atoms with Gasteiger partial charge in [-0.15, -0.1) is 0 Å². The topological polar surface area (TPSA) is 129 Å². The lowest BCUT2D eigenvalue weighted by atomic mass is 10.1. The molecule has 2 aromatic rings. The van der Waals surface area contributed by atoms with Crippen molar-refractivity contribution < 1.29 is 42.4 Å². The fourth-order valence-corrected chi connectivity index (χ4v) is 3.75. The molecule has 2 rings (SSSR count). The van der Waals surface area contributed by atoms with Gasteiger partial charge in [-0.2, -0.15) is 0 Å². The van der Waals surface area contributed by atoms with Gasteiger partial charge in [0, 0.05) is 29.7 Å². The number of rotatable bonds is 10. The van der Waals surface area contributed by atoms with E-state index < -0.39 is 21.4 Å². The number of sulfone groups is 1. The molecule has 0 saturated carbocycles. The van der Waals surface area contributed by atoms with Gasteiger partial charge in [-0.3, -0.25) is 4.79 Å². The molecular formula is C22H24O9S. The van der Waals surface area contributed by atoms with Crippen molar-refractivity contribution in [2.45, 2.75) is 0 Å². The molecule has 0 saturated heterocycles. The second-order valence-corrected chi connectivity index (χ2v) is 8.32. The molecule has 0 heterocycles. The van der Waals surface area contributed by atoms with E-state index in [4.69, 9.17) is 18.9 Å². The molecule has 2 N–H and O–H groups in total. The number of carbonyl (C=O) groups excluding carboxylic acids is 1. The lowest BCUT2D eigenvalue weighted by Gasteiger charge is -2.11. The minimum Gasteiger partial charge on any atom is -0.508 e. The van der Waals surface area contributed by atoms with E-state index >= 15 is 0 Å². The second kappa shape index (κ2) is 10.6. The summed E-state index contributed by atoms with van der Waals surface area (Å²) in [7, 11) is 1.55. The van der Waals surface area contributed by atoms with E-state index in [1.807, 2.05) is 0 Å². The van der Waals surface area contributed by atoms with Crippen LogP contribution in [-0.2, 0) is 14.6 Å². The highest BCUT2D eigenvalue weighted by molar-refractivity contribution is 7.95. The number of ketones is 1. The zero-order valence-corrected chi connectivity index (χ0v) is 18.8. The highest BCUT2D eigenvalue weighted by Gasteiger charge is 2.16. The van der Waals surface area contributed by atoms with Crippen molar-refractivity contribution in [3.05, 3.63) is 46.9 Å². The first kappa shape index (κ1) is 24.6. The summed E-state index contributed by atoms with van der Waals surface area (Å²) in [4.78, 5) is 12.3. The maximum atomic E-state index is 12.4. The SMILES string of the molecule is COc1cc(O)cc(OC)c1C=CS(=O)(=O)CC(=O)/C=C/c1c(OC)cc(O)cc1OC. The summed E-state index contributed by atoms with van der Waals surface area (Å²) in [6.45, 7) is 0. The standard InChI is InChI=1S/C22H24O9S/c1-28-19-9-15(24)10-20(29-2)17(19)6-5-14(23)13-32(26,27)8-7-18-21(30-3)11-16(25)12-22(18)31-4/h5-12,24-25H,13H2,1-4H3/b6-5+,8-7?. The van der Waals surface area contributed by atoms with Crippen molar-refractivity contribution >= 4 is 27.8 Å². The number of hydrogen-bond donors (Lipinski definition) is 2. The number of benzene rings is 2. The van der Waals surface area contributed by atoms with Crippen LogP contribution in [0.25, 0.3) is 12.2 Å². The van der Waals surface area contributed by atoms with Gasteiger partial charge >= 0.3 is 0 Å². The average molecular weight is 464 g/mol. The fourth-order valence-electron chi connectivity index (χ4n) is 2.82. The van der Waals surface area contributed by atoms with Gasteiger partial charge in [0.1, 0.15) is 40.2 Å². The highest BCUT2D eigenvalue weighted by atomic mass is 32.2. The van der Waals surface area contributed by atoms with Gasteiger partial charge < -0.3 is 29.2 Å². The Bertz CT molecular complexity index is 1100. The van der Waals surface area contributed by atoms with E-state index in [1.54, 1.807) is 0 Å². The summed E-state index contributed by atoms with van der Waals surface area (Å²) < 4.78 is 45.5. The van der Waals surface area contributed by atoms with Gasteiger partial charge in [-0.25, -0.2) is 8.42 Å². The summed E-state index contributed by atoms with van der Waals surface area (Å²) in [6, 6.07) is 5.29. The maximum Gasteiger partial charge on any atom is 0.179 e. The molecule has 10 heteroatoms. The van der Waals surface area contributed by atoms with E-state index in [0.717, 1.165) is 11.5 Å². The normalized spacial score (nSPS) is 11.6. The first-order chi connectivity index (χ1) is 15.1. The first-order valence-electron chi connectivity index (χ1n) is 9.15. The Morgan fingerprint density at radius 3 is 1.53 bits per heavy atom. The predicted octanol–water partition coefficient (Wildman–Crippen LogP) is 2.80. The van der Waals surface area contributed by atoms with Crippen molar-refractivity contribution in [3.8, 4) is 34.5 Å². The van der Waals surface area contributed by atoms with Crippen LogP contribution < -0.4 is 18.9 Å². The van der Waals surface area contributed by atoms with Crippen LogP contribution >= 0.6 is 0 Å². The van der Waals surface area contributed by atoms with E-state index in [9.17, 15) is 23.4 Å². The van der Waals surface area contributed by atoms with Crippen LogP contribution in [0.15, 0.2) is 35.7 Å². The molecule has 32 heavy (non-hydrogen) atoms. The molecule has 0 spiro atoms. The van der Waals surface area contributed by atoms with Crippen molar-refractivity contribution in [1.29, 1.82) is 0 Å². The Morgan fingerprint density at radius 1 is 0.781 bits per heavy atom. The van der Waals surface area contributed by atoms with Crippen molar-refractivity contribution in [1.82, 2.24) is 0 Å². The van der Waals surface area contributed by atoms with Gasteiger partial charge in [0.25, 0.3) is 0 Å². The van der Waals surface area contributed by atoms with Crippen molar-refractivity contribution in [2.75, 3.05) is 34.2 Å². The lowest BCUT2D eigenvalue weighted by molar-refractivity contribution is -0.112. The number of phenolic OH excluding ortho intramolecular Hbond substituents is 2. The molecular weight excluding hydrogens is 440 g/mol. The van der Waals surface area contributed by atoms with Crippen molar-refractivity contribution in [3.63, 3.8) is 0 Å². The Labute approximate surface area is 186 Å². The predicted molar refractivity (Wildman–Crippen MR) is 119 cm³/mol. The molecule has 0 bridgehead atoms. The van der Waals surface area contributed by atoms with E-state index in [2.05, 4.69) is 0 Å². The van der Waals surface area contributed by atoms with E-state index in [-0.39, 0.29) is 40.1 Å². The smallest absolute Gasteiger partial charge is 0.179 e. The minimum absolute atomic E-state index is 0.0880. The molecule has 0 aliphatic carbocycles. The Morgan fingerprint density at radius 2 is 1.16 bits per heavy atom. The molecule has 0 aromatic heterocycles. The molecule has 0 radical (unpaired) electrons. The molecule has 0 unspecified atom stereocenters. The molecule has 2 aromatic carbocycles. The van der Waals surface area contributed by atoms with E-state index in [0.29, 0.717) is 5.56 Å². The zero-order valence-electron chi connectivity index (χ0n) is 18.0. The number of hydrogen-bond acceptors (Lipinski definition) is 9. The Balaban J connectivity index is 2.25. The van der Waals surface area contributed by atoms with E-state index in [1.165, 1.54) is 64.9 Å². The van der Waals surface area contributed by atoms with Crippen LogP contribution in [0.3, 0.4) is 0 Å². The van der Waals surface area contributed by atoms with Gasteiger partial charge in [0.05, 0.1) is 39.6 Å². The summed E-state index contributed by atoms with van der Waals surface area (Å²) in [5, 5.41) is 20.2. The third-order valence-corrected chi connectivity index (χ3v) is 5.52.